The zero-order valence-corrected chi connectivity index (χ0v) is 18.3. The van der Waals surface area contributed by atoms with Gasteiger partial charge in [0.25, 0.3) is 0 Å². The van der Waals surface area contributed by atoms with Gasteiger partial charge in [-0.1, -0.05) is 42.5 Å². The van der Waals surface area contributed by atoms with E-state index >= 15 is 0 Å². The maximum atomic E-state index is 12.8. The third kappa shape index (κ3) is 5.30. The Bertz CT molecular complexity index is 1180. The minimum absolute atomic E-state index is 0.0254. The Morgan fingerprint density at radius 1 is 1.09 bits per heavy atom. The molecule has 8 nitrogen and oxygen atoms in total. The van der Waals surface area contributed by atoms with Crippen LogP contribution >= 0.6 is 0 Å². The van der Waals surface area contributed by atoms with Crippen molar-refractivity contribution in [2.75, 3.05) is 18.0 Å². The first-order valence-corrected chi connectivity index (χ1v) is 12.0. The molecule has 2 heterocycles. The molecule has 0 aliphatic carbocycles. The number of sulfonamides is 1. The average Bonchev–Trinajstić information content (AvgIpc) is 2.83. The van der Waals surface area contributed by atoms with Gasteiger partial charge in [0.1, 0.15) is 12.1 Å². The Morgan fingerprint density at radius 3 is 2.56 bits per heavy atom. The monoisotopic (exact) mass is 451 g/mol. The second-order valence-electron chi connectivity index (χ2n) is 7.82. The molecule has 1 aliphatic rings. The van der Waals surface area contributed by atoms with Gasteiger partial charge in [0.2, 0.25) is 15.9 Å². The van der Waals surface area contributed by atoms with Crippen LogP contribution in [0.25, 0.3) is 11.3 Å². The summed E-state index contributed by atoms with van der Waals surface area (Å²) in [5.41, 5.74) is 2.68. The number of nitrogens with one attached hydrogen (secondary N) is 1. The van der Waals surface area contributed by atoms with Crippen LogP contribution in [0.3, 0.4) is 0 Å². The second kappa shape index (κ2) is 9.46. The normalized spacial score (nSPS) is 16.5. The molecule has 9 heteroatoms. The van der Waals surface area contributed by atoms with Crippen LogP contribution in [-0.4, -0.2) is 37.4 Å². The first-order chi connectivity index (χ1) is 15.4. The van der Waals surface area contributed by atoms with Crippen molar-refractivity contribution < 1.29 is 13.2 Å². The molecule has 0 spiro atoms. The van der Waals surface area contributed by atoms with Crippen molar-refractivity contribution in [2.45, 2.75) is 24.3 Å². The summed E-state index contributed by atoms with van der Waals surface area (Å²) < 4.78 is 22.7. The van der Waals surface area contributed by atoms with Crippen molar-refractivity contribution in [3.05, 3.63) is 72.6 Å². The molecule has 1 aromatic heterocycles. The molecule has 0 saturated carbocycles. The molecule has 1 amide bonds. The second-order valence-corrected chi connectivity index (χ2v) is 9.38. The summed E-state index contributed by atoms with van der Waals surface area (Å²) in [6.45, 7) is 1.75. The fourth-order valence-corrected chi connectivity index (χ4v) is 4.33. The number of anilines is 1. The lowest BCUT2D eigenvalue weighted by Crippen LogP contribution is -2.43. The molecule has 1 fully saturated rings. The van der Waals surface area contributed by atoms with E-state index in [-0.39, 0.29) is 16.7 Å². The number of primary sulfonamides is 1. The van der Waals surface area contributed by atoms with Crippen molar-refractivity contribution in [3.8, 4) is 11.3 Å². The number of nitrogens with zero attached hydrogens (tertiary/aromatic N) is 3. The van der Waals surface area contributed by atoms with E-state index in [0.717, 1.165) is 42.0 Å². The highest BCUT2D eigenvalue weighted by Gasteiger charge is 2.26. The molecule has 32 heavy (non-hydrogen) atoms. The first kappa shape index (κ1) is 21.9. The topological polar surface area (TPSA) is 118 Å². The van der Waals surface area contributed by atoms with Crippen LogP contribution in [0, 0.1) is 5.92 Å². The summed E-state index contributed by atoms with van der Waals surface area (Å²) in [5, 5.41) is 8.08. The highest BCUT2D eigenvalue weighted by atomic mass is 32.2. The molecule has 1 unspecified atom stereocenters. The van der Waals surface area contributed by atoms with Crippen LogP contribution in [-0.2, 0) is 21.4 Å². The van der Waals surface area contributed by atoms with E-state index in [2.05, 4.69) is 20.2 Å². The largest absolute Gasteiger partial charge is 0.356 e. The molecule has 3 aromatic rings. The van der Waals surface area contributed by atoms with Crippen molar-refractivity contribution in [1.82, 2.24) is 15.3 Å². The number of rotatable bonds is 6. The molecule has 1 aliphatic heterocycles. The number of carbonyl (C=O) groups excluding carboxylic acids is 1. The highest BCUT2D eigenvalue weighted by molar-refractivity contribution is 7.89. The standard InChI is InChI=1S/C23H25N5O3S/c24-32(30,31)20-10-8-17(9-11-20)14-25-23(29)19-7-4-12-28(15-19)22-13-21(26-16-27-22)18-5-2-1-3-6-18/h1-3,5-6,8-11,13,16,19H,4,7,12,14-15H2,(H,25,29)(H2,24,30,31). The van der Waals surface area contributed by atoms with E-state index in [9.17, 15) is 13.2 Å². The Balaban J connectivity index is 1.38. The molecule has 166 valence electrons. The fraction of sp³-hybridized carbons (Fsp3) is 0.261. The van der Waals surface area contributed by atoms with Gasteiger partial charge < -0.3 is 10.2 Å². The lowest BCUT2D eigenvalue weighted by Gasteiger charge is -2.33. The lowest BCUT2D eigenvalue weighted by molar-refractivity contribution is -0.125. The molecular formula is C23H25N5O3S. The summed E-state index contributed by atoms with van der Waals surface area (Å²) >= 11 is 0. The minimum atomic E-state index is -3.72. The summed E-state index contributed by atoms with van der Waals surface area (Å²) in [4.78, 5) is 23.8. The van der Waals surface area contributed by atoms with Gasteiger partial charge in [0.05, 0.1) is 16.5 Å². The first-order valence-electron chi connectivity index (χ1n) is 10.4. The number of hydrogen-bond acceptors (Lipinski definition) is 6. The van der Waals surface area contributed by atoms with E-state index in [1.807, 2.05) is 36.4 Å². The Labute approximate surface area is 187 Å². The maximum Gasteiger partial charge on any atom is 0.238 e. The number of nitrogens with two attached hydrogens (primary N) is 1. The van der Waals surface area contributed by atoms with Crippen LogP contribution < -0.4 is 15.4 Å². The van der Waals surface area contributed by atoms with Crippen molar-refractivity contribution in [2.24, 2.45) is 11.1 Å². The van der Waals surface area contributed by atoms with Crippen molar-refractivity contribution >= 4 is 21.7 Å². The van der Waals surface area contributed by atoms with Gasteiger partial charge in [-0.2, -0.15) is 0 Å². The van der Waals surface area contributed by atoms with Crippen LogP contribution in [0.4, 0.5) is 5.82 Å². The maximum absolute atomic E-state index is 12.8. The molecule has 4 rings (SSSR count). The van der Waals surface area contributed by atoms with Crippen LogP contribution in [0.1, 0.15) is 18.4 Å². The zero-order valence-electron chi connectivity index (χ0n) is 17.5. The van der Waals surface area contributed by atoms with Gasteiger partial charge >= 0.3 is 0 Å². The number of hydrogen-bond donors (Lipinski definition) is 2. The molecule has 3 N–H and O–H groups in total. The van der Waals surface area contributed by atoms with E-state index in [0.29, 0.717) is 13.1 Å². The van der Waals surface area contributed by atoms with E-state index in [1.165, 1.54) is 12.1 Å². The molecule has 1 saturated heterocycles. The van der Waals surface area contributed by atoms with Crippen molar-refractivity contribution in [3.63, 3.8) is 0 Å². The number of benzene rings is 2. The van der Waals surface area contributed by atoms with E-state index in [1.54, 1.807) is 18.5 Å². The Kier molecular flexibility index (Phi) is 6.48. The third-order valence-corrected chi connectivity index (χ3v) is 6.49. The third-order valence-electron chi connectivity index (χ3n) is 5.56. The van der Waals surface area contributed by atoms with Crippen LogP contribution in [0.15, 0.2) is 71.9 Å². The smallest absolute Gasteiger partial charge is 0.238 e. The quantitative estimate of drug-likeness (QED) is 0.594. The van der Waals surface area contributed by atoms with Crippen molar-refractivity contribution in [1.29, 1.82) is 0 Å². The molecule has 0 radical (unpaired) electrons. The average molecular weight is 452 g/mol. The Morgan fingerprint density at radius 2 is 1.84 bits per heavy atom. The van der Waals surface area contributed by atoms with E-state index in [4.69, 9.17) is 5.14 Å². The SMILES string of the molecule is NS(=O)(=O)c1ccc(CNC(=O)C2CCCN(c3cc(-c4ccccc4)ncn3)C2)cc1. The molecular weight excluding hydrogens is 426 g/mol. The molecule has 1 atom stereocenters. The lowest BCUT2D eigenvalue weighted by atomic mass is 9.97. The predicted molar refractivity (Wildman–Crippen MR) is 122 cm³/mol. The predicted octanol–water partition coefficient (Wildman–Crippen LogP) is 2.32. The van der Waals surface area contributed by atoms with Gasteiger partial charge in [-0.25, -0.2) is 23.5 Å². The molecule has 2 aromatic carbocycles. The minimum Gasteiger partial charge on any atom is -0.356 e. The van der Waals surface area contributed by atoms with Crippen LogP contribution in [0.5, 0.6) is 0 Å². The number of carbonyl (C=O) groups is 1. The molecule has 0 bridgehead atoms. The Hall–Kier alpha value is -3.30. The summed E-state index contributed by atoms with van der Waals surface area (Å²) in [6.07, 6.45) is 3.27. The summed E-state index contributed by atoms with van der Waals surface area (Å²) in [6, 6.07) is 18.1. The summed E-state index contributed by atoms with van der Waals surface area (Å²) in [7, 11) is -3.72. The fourth-order valence-electron chi connectivity index (χ4n) is 3.82. The number of amides is 1. The van der Waals surface area contributed by atoms with Gasteiger partial charge in [0, 0.05) is 31.3 Å². The summed E-state index contributed by atoms with van der Waals surface area (Å²) in [5.74, 6) is 0.639. The zero-order chi connectivity index (χ0) is 22.6. The number of aromatic nitrogens is 2. The van der Waals surface area contributed by atoms with Gasteiger partial charge in [-0.15, -0.1) is 0 Å². The van der Waals surface area contributed by atoms with Gasteiger partial charge in [-0.05, 0) is 30.5 Å². The van der Waals surface area contributed by atoms with E-state index < -0.39 is 10.0 Å². The van der Waals surface area contributed by atoms with Gasteiger partial charge in [0.15, 0.2) is 0 Å². The van der Waals surface area contributed by atoms with Crippen LogP contribution in [0.2, 0.25) is 0 Å². The highest BCUT2D eigenvalue weighted by Crippen LogP contribution is 2.25. The van der Waals surface area contributed by atoms with Gasteiger partial charge in [-0.3, -0.25) is 4.79 Å². The number of piperidine rings is 1.